The van der Waals surface area contributed by atoms with Crippen molar-refractivity contribution in [1.82, 2.24) is 24.6 Å². The van der Waals surface area contributed by atoms with Gasteiger partial charge in [-0.1, -0.05) is 48.9 Å². The predicted molar refractivity (Wildman–Crippen MR) is 128 cm³/mol. The number of nitrogens with zero attached hydrogens (tertiary/aromatic N) is 5. The van der Waals surface area contributed by atoms with Crippen molar-refractivity contribution < 1.29 is 4.79 Å². The van der Waals surface area contributed by atoms with Gasteiger partial charge in [0.15, 0.2) is 5.82 Å². The molecule has 1 saturated carbocycles. The van der Waals surface area contributed by atoms with Crippen molar-refractivity contribution in [3.63, 3.8) is 0 Å². The summed E-state index contributed by atoms with van der Waals surface area (Å²) >= 11 is 0. The van der Waals surface area contributed by atoms with Crippen LogP contribution in [0.5, 0.6) is 0 Å². The van der Waals surface area contributed by atoms with Crippen LogP contribution >= 0.6 is 0 Å². The maximum Gasteiger partial charge on any atom is 0.248 e. The Morgan fingerprint density at radius 3 is 2.33 bits per heavy atom. The molecule has 1 aliphatic carbocycles. The van der Waals surface area contributed by atoms with Gasteiger partial charge in [-0.05, 0) is 42.5 Å². The van der Waals surface area contributed by atoms with E-state index in [1.54, 1.807) is 0 Å². The van der Waals surface area contributed by atoms with Gasteiger partial charge in [0.05, 0.1) is 12.6 Å². The molecular weight excluding hydrogens is 412 g/mol. The van der Waals surface area contributed by atoms with Crippen LogP contribution in [0.15, 0.2) is 60.9 Å². The number of hydrogen-bond donors (Lipinski definition) is 1. The zero-order valence-corrected chi connectivity index (χ0v) is 19.0. The molecule has 2 N–H and O–H groups in total. The molecule has 7 nitrogen and oxygen atoms in total. The van der Waals surface area contributed by atoms with Gasteiger partial charge in [0.25, 0.3) is 0 Å². The van der Waals surface area contributed by atoms with E-state index >= 15 is 0 Å². The first-order valence-corrected chi connectivity index (χ1v) is 12.0. The van der Waals surface area contributed by atoms with Crippen LogP contribution in [-0.4, -0.2) is 62.7 Å². The number of nitrogens with two attached hydrogens (primary N) is 1. The normalized spacial score (nSPS) is 18.7. The number of carbonyl (C=O) groups excluding carboxylic acids is 1. The Hall–Kier alpha value is -3.03. The summed E-state index contributed by atoms with van der Waals surface area (Å²) in [5.41, 5.74) is 8.37. The lowest BCUT2D eigenvalue weighted by Gasteiger charge is -2.44. The molecule has 7 heteroatoms. The average molecular weight is 445 g/mol. The number of benzene rings is 2. The molecule has 3 aromatic rings. The van der Waals surface area contributed by atoms with Crippen molar-refractivity contribution in [2.45, 2.75) is 44.3 Å². The highest BCUT2D eigenvalue weighted by molar-refractivity contribution is 5.92. The van der Waals surface area contributed by atoms with Crippen molar-refractivity contribution in [1.29, 1.82) is 0 Å². The molecule has 1 atom stereocenters. The minimum absolute atomic E-state index is 0.124. The van der Waals surface area contributed by atoms with Crippen LogP contribution in [0.1, 0.15) is 52.6 Å². The Balaban J connectivity index is 1.38. The van der Waals surface area contributed by atoms with Crippen LogP contribution < -0.4 is 5.73 Å². The van der Waals surface area contributed by atoms with Gasteiger partial charge in [-0.25, -0.2) is 0 Å². The monoisotopic (exact) mass is 444 g/mol. The van der Waals surface area contributed by atoms with E-state index in [1.165, 1.54) is 30.4 Å². The highest BCUT2D eigenvalue weighted by Gasteiger charge is 2.32. The topological polar surface area (TPSA) is 80.3 Å². The van der Waals surface area contributed by atoms with Gasteiger partial charge in [-0.2, -0.15) is 0 Å². The molecule has 1 amide bonds. The molecule has 2 fully saturated rings. The van der Waals surface area contributed by atoms with Crippen LogP contribution in [-0.2, 0) is 13.0 Å². The smallest absolute Gasteiger partial charge is 0.248 e. The van der Waals surface area contributed by atoms with E-state index in [2.05, 4.69) is 48.8 Å². The van der Waals surface area contributed by atoms with Crippen LogP contribution in [0, 0.1) is 0 Å². The minimum atomic E-state index is -0.396. The van der Waals surface area contributed by atoms with E-state index in [0.717, 1.165) is 51.0 Å². The molecule has 33 heavy (non-hydrogen) atoms. The third-order valence-electron chi connectivity index (χ3n) is 7.19. The van der Waals surface area contributed by atoms with Gasteiger partial charge < -0.3 is 10.3 Å². The molecule has 1 unspecified atom stereocenters. The predicted octanol–water partition coefficient (Wildman–Crippen LogP) is 2.88. The number of amides is 1. The lowest BCUT2D eigenvalue weighted by molar-refractivity contribution is 0.0397. The molecule has 0 spiro atoms. The Labute approximate surface area is 195 Å². The van der Waals surface area contributed by atoms with Gasteiger partial charge in [-0.15, -0.1) is 10.2 Å². The Morgan fingerprint density at radius 2 is 1.70 bits per heavy atom. The molecule has 0 bridgehead atoms. The second-order valence-corrected chi connectivity index (χ2v) is 9.24. The standard InChI is InChI=1S/C26H32N6O/c27-25(33)22-11-9-20(10-12-22)17-24(31-15-13-30(14-16-31)23-7-4-8-23)26-29-28-19-32(26)18-21-5-2-1-3-6-21/h1-3,5-6,9-12,19,23-24H,4,7-8,13-18H2,(H2,27,33). The van der Waals surface area contributed by atoms with Crippen LogP contribution in [0.25, 0.3) is 0 Å². The Morgan fingerprint density at radius 1 is 0.970 bits per heavy atom. The molecule has 5 rings (SSSR count). The molecule has 1 aliphatic heterocycles. The van der Waals surface area contributed by atoms with Crippen molar-refractivity contribution in [2.75, 3.05) is 26.2 Å². The van der Waals surface area contributed by atoms with Gasteiger partial charge in [0.2, 0.25) is 5.91 Å². The molecule has 1 aromatic heterocycles. The summed E-state index contributed by atoms with van der Waals surface area (Å²) in [6, 6.07) is 19.0. The Kier molecular flexibility index (Phi) is 6.51. The zero-order valence-electron chi connectivity index (χ0n) is 19.0. The van der Waals surface area contributed by atoms with Crippen molar-refractivity contribution >= 4 is 5.91 Å². The highest BCUT2D eigenvalue weighted by Crippen LogP contribution is 2.29. The molecule has 2 aliphatic rings. The van der Waals surface area contributed by atoms with Crippen molar-refractivity contribution in [3.05, 3.63) is 83.4 Å². The summed E-state index contributed by atoms with van der Waals surface area (Å²) in [6.45, 7) is 5.02. The molecule has 2 aromatic carbocycles. The van der Waals surface area contributed by atoms with Gasteiger partial charge in [0, 0.05) is 37.8 Å². The first-order chi connectivity index (χ1) is 16.2. The first kappa shape index (κ1) is 21.8. The van der Waals surface area contributed by atoms with Gasteiger partial charge >= 0.3 is 0 Å². The van der Waals surface area contributed by atoms with Crippen molar-refractivity contribution in [3.8, 4) is 0 Å². The Bertz CT molecular complexity index is 1050. The molecule has 172 valence electrons. The largest absolute Gasteiger partial charge is 0.366 e. The maximum atomic E-state index is 11.5. The van der Waals surface area contributed by atoms with E-state index < -0.39 is 5.91 Å². The van der Waals surface area contributed by atoms with E-state index in [4.69, 9.17) is 5.73 Å². The summed E-state index contributed by atoms with van der Waals surface area (Å²) in [7, 11) is 0. The SMILES string of the molecule is NC(=O)c1ccc(CC(c2nncn2Cc2ccccc2)N2CCN(C3CCC3)CC2)cc1. The molecule has 1 saturated heterocycles. The van der Waals surface area contributed by atoms with E-state index in [-0.39, 0.29) is 6.04 Å². The molecule has 2 heterocycles. The zero-order chi connectivity index (χ0) is 22.6. The van der Waals surface area contributed by atoms with Crippen LogP contribution in [0.4, 0.5) is 0 Å². The number of piperazine rings is 1. The first-order valence-electron chi connectivity index (χ1n) is 12.0. The second-order valence-electron chi connectivity index (χ2n) is 9.24. The van der Waals surface area contributed by atoms with Gasteiger partial charge in [0.1, 0.15) is 6.33 Å². The third-order valence-corrected chi connectivity index (χ3v) is 7.19. The summed E-state index contributed by atoms with van der Waals surface area (Å²) in [4.78, 5) is 16.7. The average Bonchev–Trinajstić information content (AvgIpc) is 3.26. The van der Waals surface area contributed by atoms with Crippen LogP contribution in [0.2, 0.25) is 0 Å². The number of primary amides is 1. The lowest BCUT2D eigenvalue weighted by atomic mass is 9.91. The highest BCUT2D eigenvalue weighted by atomic mass is 16.1. The quantitative estimate of drug-likeness (QED) is 0.578. The lowest BCUT2D eigenvalue weighted by Crippen LogP contribution is -2.53. The van der Waals surface area contributed by atoms with E-state index in [9.17, 15) is 4.79 Å². The second kappa shape index (κ2) is 9.85. The van der Waals surface area contributed by atoms with Crippen molar-refractivity contribution in [2.24, 2.45) is 5.73 Å². The summed E-state index contributed by atoms with van der Waals surface area (Å²) < 4.78 is 2.18. The summed E-state index contributed by atoms with van der Waals surface area (Å²) in [5, 5.41) is 8.89. The van der Waals surface area contributed by atoms with E-state index in [1.807, 2.05) is 36.7 Å². The minimum Gasteiger partial charge on any atom is -0.366 e. The summed E-state index contributed by atoms with van der Waals surface area (Å²) in [5.74, 6) is 0.600. The van der Waals surface area contributed by atoms with Gasteiger partial charge in [-0.3, -0.25) is 14.6 Å². The molecular formula is C26H32N6O. The maximum absolute atomic E-state index is 11.5. The third kappa shape index (κ3) is 4.99. The number of rotatable bonds is 8. The number of carbonyl (C=O) groups is 1. The molecule has 0 radical (unpaired) electrons. The fourth-order valence-corrected chi connectivity index (χ4v) is 5.00. The van der Waals surface area contributed by atoms with E-state index in [0.29, 0.717) is 5.56 Å². The fraction of sp³-hybridized carbons (Fsp3) is 0.423. The van der Waals surface area contributed by atoms with Crippen LogP contribution in [0.3, 0.4) is 0 Å². The summed E-state index contributed by atoms with van der Waals surface area (Å²) in [6.07, 6.45) is 6.73. The number of aromatic nitrogens is 3. The number of hydrogen-bond acceptors (Lipinski definition) is 5. The fourth-order valence-electron chi connectivity index (χ4n) is 5.00.